The molecule has 0 spiro atoms. The number of hydrogen-bond acceptors (Lipinski definition) is 0. The second kappa shape index (κ2) is 13.3. The van der Waals surface area contributed by atoms with Crippen molar-refractivity contribution in [2.24, 2.45) is 0 Å². The highest BCUT2D eigenvalue weighted by Crippen LogP contribution is 2.45. The average Bonchev–Trinajstić information content (AvgIpc) is 3.66. The highest BCUT2D eigenvalue weighted by Gasteiger charge is 2.19. The Labute approximate surface area is 353 Å². The Kier molecular flexibility index (Phi) is 7.37. The first-order chi connectivity index (χ1) is 30.3. The molecule has 0 radical (unpaired) electrons. The molecule has 0 atom stereocenters. The standard InChI is InChI=1S/C60H37N/c1-4-18-45-38(13-1)16-11-25-47(45)42-29-33-57-54(35-42)55-36-43(48-26-12-17-39-14-2-5-19-46(39)48)30-34-58(55)61(57)44-31-27-40(28-32-44)59-49-20-6-3-15-41(49)37-56-52-23-8-7-21-50(52)51-22-9-10-24-53(51)60(56)59/h1-37H. The minimum absolute atomic E-state index is 1.14. The summed E-state index contributed by atoms with van der Waals surface area (Å²) in [6, 6.07) is 83.2. The van der Waals surface area contributed by atoms with Crippen molar-refractivity contribution in [3.8, 4) is 39.1 Å². The SMILES string of the molecule is c1ccc2c(-c3ccc4c(c3)c3cc(-c5cccc6ccccc56)ccc3n4-c3ccc(-c4c5ccccc5cc5c6ccccc6c6ccccc6c45)cc3)cccc2c1. The summed E-state index contributed by atoms with van der Waals surface area (Å²) in [4.78, 5) is 0. The molecule has 61 heavy (non-hydrogen) atoms. The third-order valence-electron chi connectivity index (χ3n) is 13.1. The maximum absolute atomic E-state index is 2.46. The van der Waals surface area contributed by atoms with Crippen LogP contribution >= 0.6 is 0 Å². The molecule has 1 heterocycles. The van der Waals surface area contributed by atoms with Crippen LogP contribution in [0.5, 0.6) is 0 Å². The predicted molar refractivity (Wildman–Crippen MR) is 262 cm³/mol. The van der Waals surface area contributed by atoms with Crippen molar-refractivity contribution in [2.45, 2.75) is 0 Å². The lowest BCUT2D eigenvalue weighted by Gasteiger charge is -2.18. The van der Waals surface area contributed by atoms with Gasteiger partial charge in [0, 0.05) is 16.5 Å². The van der Waals surface area contributed by atoms with Gasteiger partial charge >= 0.3 is 0 Å². The highest BCUT2D eigenvalue weighted by molar-refractivity contribution is 6.32. The van der Waals surface area contributed by atoms with Gasteiger partial charge in [0.05, 0.1) is 11.0 Å². The van der Waals surface area contributed by atoms with Gasteiger partial charge in [-0.3, -0.25) is 0 Å². The third-order valence-corrected chi connectivity index (χ3v) is 13.1. The zero-order chi connectivity index (χ0) is 40.0. The number of aromatic nitrogens is 1. The van der Waals surface area contributed by atoms with Crippen molar-refractivity contribution in [2.75, 3.05) is 0 Å². The Balaban J connectivity index is 1.05. The zero-order valence-electron chi connectivity index (χ0n) is 33.3. The third kappa shape index (κ3) is 5.14. The molecule has 0 aliphatic carbocycles. The fourth-order valence-electron chi connectivity index (χ4n) is 10.4. The van der Waals surface area contributed by atoms with Crippen molar-refractivity contribution in [1.29, 1.82) is 0 Å². The van der Waals surface area contributed by atoms with Crippen LogP contribution in [0.15, 0.2) is 224 Å². The summed E-state index contributed by atoms with van der Waals surface area (Å²) in [6.07, 6.45) is 0. The van der Waals surface area contributed by atoms with Gasteiger partial charge in [-0.25, -0.2) is 0 Å². The van der Waals surface area contributed by atoms with E-state index in [0.29, 0.717) is 0 Å². The minimum Gasteiger partial charge on any atom is -0.309 e. The van der Waals surface area contributed by atoms with E-state index in [4.69, 9.17) is 0 Å². The monoisotopic (exact) mass is 771 g/mol. The first-order valence-corrected chi connectivity index (χ1v) is 21.2. The van der Waals surface area contributed by atoms with Gasteiger partial charge in [-0.1, -0.05) is 182 Å². The van der Waals surface area contributed by atoms with E-state index in [-0.39, 0.29) is 0 Å². The second-order valence-electron chi connectivity index (χ2n) is 16.4. The molecule has 1 aromatic heterocycles. The summed E-state index contributed by atoms with van der Waals surface area (Å²) < 4.78 is 2.46. The van der Waals surface area contributed by atoms with Gasteiger partial charge in [0.25, 0.3) is 0 Å². The van der Waals surface area contributed by atoms with Crippen molar-refractivity contribution in [1.82, 2.24) is 4.57 Å². The lowest BCUT2D eigenvalue weighted by atomic mass is 9.86. The Hall–Kier alpha value is -8.00. The van der Waals surface area contributed by atoms with Crippen LogP contribution in [-0.4, -0.2) is 4.57 Å². The number of fused-ring (bicyclic) bond motifs is 12. The molecule has 0 saturated heterocycles. The number of rotatable bonds is 4. The van der Waals surface area contributed by atoms with Crippen LogP contribution in [0.4, 0.5) is 0 Å². The fraction of sp³-hybridized carbons (Fsp3) is 0. The van der Waals surface area contributed by atoms with E-state index in [2.05, 4.69) is 229 Å². The Morgan fingerprint density at radius 1 is 0.246 bits per heavy atom. The van der Waals surface area contributed by atoms with Gasteiger partial charge < -0.3 is 4.57 Å². The van der Waals surface area contributed by atoms with E-state index in [9.17, 15) is 0 Å². The second-order valence-corrected chi connectivity index (χ2v) is 16.4. The molecule has 0 saturated carbocycles. The van der Waals surface area contributed by atoms with E-state index in [0.717, 1.165) is 5.69 Å². The number of nitrogens with zero attached hydrogens (tertiary/aromatic N) is 1. The number of hydrogen-bond donors (Lipinski definition) is 0. The maximum atomic E-state index is 2.46. The molecule has 1 heteroatoms. The van der Waals surface area contributed by atoms with Crippen molar-refractivity contribution >= 4 is 86.4 Å². The summed E-state index contributed by atoms with van der Waals surface area (Å²) >= 11 is 0. The molecular weight excluding hydrogens is 735 g/mol. The van der Waals surface area contributed by atoms with Crippen molar-refractivity contribution < 1.29 is 0 Å². The molecular formula is C60H37N. The Bertz CT molecular complexity index is 3780. The maximum Gasteiger partial charge on any atom is 0.0541 e. The van der Waals surface area contributed by atoms with Crippen molar-refractivity contribution in [3.05, 3.63) is 224 Å². The highest BCUT2D eigenvalue weighted by atomic mass is 15.0. The summed E-state index contributed by atoms with van der Waals surface area (Å²) in [5.74, 6) is 0. The normalized spacial score (nSPS) is 11.9. The van der Waals surface area contributed by atoms with Gasteiger partial charge in [0.2, 0.25) is 0 Å². The zero-order valence-corrected chi connectivity index (χ0v) is 33.3. The first-order valence-electron chi connectivity index (χ1n) is 21.2. The Morgan fingerprint density at radius 3 is 1.25 bits per heavy atom. The van der Waals surface area contributed by atoms with Gasteiger partial charge in [0.1, 0.15) is 0 Å². The van der Waals surface area contributed by atoms with Gasteiger partial charge in [-0.05, 0) is 140 Å². The molecule has 0 bridgehead atoms. The van der Waals surface area contributed by atoms with E-state index in [1.54, 1.807) is 0 Å². The molecule has 0 amide bonds. The molecule has 0 fully saturated rings. The Morgan fingerprint density at radius 2 is 0.672 bits per heavy atom. The van der Waals surface area contributed by atoms with Gasteiger partial charge in [-0.2, -0.15) is 0 Å². The van der Waals surface area contributed by atoms with Crippen molar-refractivity contribution in [3.63, 3.8) is 0 Å². The smallest absolute Gasteiger partial charge is 0.0541 e. The molecule has 13 aromatic rings. The van der Waals surface area contributed by atoms with E-state index >= 15 is 0 Å². The molecule has 1 nitrogen and oxygen atoms in total. The van der Waals surface area contributed by atoms with Crippen LogP contribution in [0.2, 0.25) is 0 Å². The number of benzene rings is 12. The summed E-state index contributed by atoms with van der Waals surface area (Å²) in [5, 5.41) is 17.8. The molecule has 12 aromatic carbocycles. The molecule has 0 aliphatic rings. The largest absolute Gasteiger partial charge is 0.309 e. The van der Waals surface area contributed by atoms with E-state index in [1.165, 1.54) is 120 Å². The molecule has 282 valence electrons. The summed E-state index contributed by atoms with van der Waals surface area (Å²) in [7, 11) is 0. The minimum atomic E-state index is 1.14. The molecule has 13 rings (SSSR count). The average molecular weight is 772 g/mol. The topological polar surface area (TPSA) is 4.93 Å². The lowest BCUT2D eigenvalue weighted by Crippen LogP contribution is -1.95. The van der Waals surface area contributed by atoms with Crippen LogP contribution in [0.3, 0.4) is 0 Å². The van der Waals surface area contributed by atoms with Crippen LogP contribution < -0.4 is 0 Å². The molecule has 0 unspecified atom stereocenters. The molecule has 0 aliphatic heterocycles. The summed E-state index contributed by atoms with van der Waals surface area (Å²) in [5.41, 5.74) is 10.9. The fourth-order valence-corrected chi connectivity index (χ4v) is 10.4. The van der Waals surface area contributed by atoms with E-state index < -0.39 is 0 Å². The van der Waals surface area contributed by atoms with Crippen LogP contribution in [0, 0.1) is 0 Å². The predicted octanol–water partition coefficient (Wildman–Crippen LogP) is 16.7. The van der Waals surface area contributed by atoms with Crippen LogP contribution in [0.1, 0.15) is 0 Å². The quantitative estimate of drug-likeness (QED) is 0.124. The van der Waals surface area contributed by atoms with Crippen LogP contribution in [-0.2, 0) is 0 Å². The van der Waals surface area contributed by atoms with Crippen LogP contribution in [0.25, 0.3) is 126 Å². The van der Waals surface area contributed by atoms with Gasteiger partial charge in [-0.15, -0.1) is 0 Å². The first kappa shape index (κ1) is 33.9. The summed E-state index contributed by atoms with van der Waals surface area (Å²) in [6.45, 7) is 0. The lowest BCUT2D eigenvalue weighted by molar-refractivity contribution is 1.18. The van der Waals surface area contributed by atoms with Gasteiger partial charge in [0.15, 0.2) is 0 Å². The van der Waals surface area contributed by atoms with E-state index in [1.807, 2.05) is 0 Å². The molecule has 0 N–H and O–H groups in total.